The van der Waals surface area contributed by atoms with E-state index >= 15 is 0 Å². The van der Waals surface area contributed by atoms with Gasteiger partial charge < -0.3 is 10.5 Å². The van der Waals surface area contributed by atoms with Gasteiger partial charge in [0.1, 0.15) is 11.3 Å². The van der Waals surface area contributed by atoms with Gasteiger partial charge in [0.2, 0.25) is 5.88 Å². The molecule has 0 spiro atoms. The van der Waals surface area contributed by atoms with E-state index in [0.717, 1.165) is 5.69 Å². The Labute approximate surface area is 91.4 Å². The minimum absolute atomic E-state index is 0.248. The smallest absolute Gasteiger partial charge is 0.236 e. The zero-order valence-electron chi connectivity index (χ0n) is 10.5. The van der Waals surface area contributed by atoms with Crippen molar-refractivity contribution >= 4 is 5.69 Å². The number of hydrogen-bond acceptors (Lipinski definition) is 3. The van der Waals surface area contributed by atoms with Crippen LogP contribution in [0.15, 0.2) is 0 Å². The molecule has 0 aliphatic rings. The van der Waals surface area contributed by atoms with Gasteiger partial charge in [0.05, 0.1) is 11.7 Å². The Morgan fingerprint density at radius 3 is 2.27 bits per heavy atom. The zero-order valence-corrected chi connectivity index (χ0v) is 10.5. The van der Waals surface area contributed by atoms with Crippen LogP contribution in [0.2, 0.25) is 0 Å². The topological polar surface area (TPSA) is 53.1 Å². The van der Waals surface area contributed by atoms with Crippen molar-refractivity contribution in [2.75, 3.05) is 5.73 Å². The second-order valence-corrected chi connectivity index (χ2v) is 5.06. The minimum atomic E-state index is -0.257. The number of nitrogens with zero attached hydrogens (tertiary/aromatic N) is 2. The van der Waals surface area contributed by atoms with Gasteiger partial charge in [-0.15, -0.1) is 0 Å². The Balaban J connectivity index is 3.14. The van der Waals surface area contributed by atoms with Gasteiger partial charge in [-0.3, -0.25) is 0 Å². The molecule has 1 heterocycles. The summed E-state index contributed by atoms with van der Waals surface area (Å²) in [5, 5.41) is 4.36. The first-order valence-corrected chi connectivity index (χ1v) is 5.26. The fourth-order valence-electron chi connectivity index (χ4n) is 1.28. The van der Waals surface area contributed by atoms with Gasteiger partial charge in [-0.25, -0.2) is 4.68 Å². The molecular weight excluding hydrogens is 190 g/mol. The molecule has 0 radical (unpaired) electrons. The van der Waals surface area contributed by atoms with E-state index in [1.165, 1.54) is 0 Å². The molecule has 1 aromatic heterocycles. The summed E-state index contributed by atoms with van der Waals surface area (Å²) in [4.78, 5) is 0. The highest BCUT2D eigenvalue weighted by atomic mass is 16.5. The molecule has 1 rings (SSSR count). The molecule has 0 aliphatic carbocycles. The average Bonchev–Trinajstić information content (AvgIpc) is 2.30. The molecule has 0 aliphatic heterocycles. The summed E-state index contributed by atoms with van der Waals surface area (Å²) in [5.74, 6) is 0.676. The lowest BCUT2D eigenvalue weighted by atomic mass is 10.2. The van der Waals surface area contributed by atoms with Crippen molar-refractivity contribution in [2.45, 2.75) is 53.2 Å². The van der Waals surface area contributed by atoms with Gasteiger partial charge in [0.15, 0.2) is 0 Å². The summed E-state index contributed by atoms with van der Waals surface area (Å²) in [6.07, 6.45) is 0. The molecule has 0 atom stereocenters. The second kappa shape index (κ2) is 3.76. The van der Waals surface area contributed by atoms with Crippen LogP contribution in [-0.4, -0.2) is 15.4 Å². The van der Waals surface area contributed by atoms with Crippen LogP contribution in [0.1, 0.15) is 46.4 Å². The predicted octanol–water partition coefficient (Wildman–Crippen LogP) is 2.53. The Morgan fingerprint density at radius 2 is 1.87 bits per heavy atom. The fourth-order valence-corrected chi connectivity index (χ4v) is 1.28. The average molecular weight is 211 g/mol. The van der Waals surface area contributed by atoms with E-state index in [2.05, 4.69) is 18.9 Å². The summed E-state index contributed by atoms with van der Waals surface area (Å²) < 4.78 is 7.65. The van der Waals surface area contributed by atoms with E-state index in [0.29, 0.717) is 11.6 Å². The first kappa shape index (κ1) is 11.9. The third-order valence-corrected chi connectivity index (χ3v) is 1.98. The molecular formula is C11H21N3O. The third-order valence-electron chi connectivity index (χ3n) is 1.98. The van der Waals surface area contributed by atoms with E-state index in [9.17, 15) is 0 Å². The Kier molecular flexibility index (Phi) is 2.98. The van der Waals surface area contributed by atoms with Crippen LogP contribution in [0.3, 0.4) is 0 Å². The SMILES string of the molecule is Cc1nn(C(C)C)c(OC(C)(C)C)c1N. The van der Waals surface area contributed by atoms with Crippen molar-refractivity contribution in [1.29, 1.82) is 0 Å². The van der Waals surface area contributed by atoms with Crippen LogP contribution in [0, 0.1) is 6.92 Å². The lowest BCUT2D eigenvalue weighted by Crippen LogP contribution is -2.25. The maximum absolute atomic E-state index is 5.94. The first-order valence-electron chi connectivity index (χ1n) is 5.26. The zero-order chi connectivity index (χ0) is 11.8. The second-order valence-electron chi connectivity index (χ2n) is 5.06. The predicted molar refractivity (Wildman–Crippen MR) is 62.1 cm³/mol. The highest BCUT2D eigenvalue weighted by Crippen LogP contribution is 2.30. The molecule has 0 bridgehead atoms. The van der Waals surface area contributed by atoms with Gasteiger partial charge in [-0.05, 0) is 41.5 Å². The van der Waals surface area contributed by atoms with Crippen molar-refractivity contribution in [2.24, 2.45) is 0 Å². The van der Waals surface area contributed by atoms with Gasteiger partial charge in [0.25, 0.3) is 0 Å². The van der Waals surface area contributed by atoms with Crippen molar-refractivity contribution in [3.63, 3.8) is 0 Å². The largest absolute Gasteiger partial charge is 0.471 e. The highest BCUT2D eigenvalue weighted by Gasteiger charge is 2.21. The number of rotatable bonds is 2. The van der Waals surface area contributed by atoms with Crippen LogP contribution >= 0.6 is 0 Å². The van der Waals surface area contributed by atoms with Crippen molar-refractivity contribution in [3.05, 3.63) is 5.69 Å². The number of nitrogens with two attached hydrogens (primary N) is 1. The van der Waals surface area contributed by atoms with Crippen LogP contribution < -0.4 is 10.5 Å². The minimum Gasteiger partial charge on any atom is -0.471 e. The molecule has 0 unspecified atom stereocenters. The number of anilines is 1. The molecule has 0 saturated carbocycles. The Hall–Kier alpha value is -1.19. The van der Waals surface area contributed by atoms with E-state index in [4.69, 9.17) is 10.5 Å². The summed E-state index contributed by atoms with van der Waals surface area (Å²) in [6.45, 7) is 12.0. The molecule has 0 fully saturated rings. The fraction of sp³-hybridized carbons (Fsp3) is 0.727. The standard InChI is InChI=1S/C11H21N3O/c1-7(2)14-10(15-11(4,5)6)9(12)8(3)13-14/h7H,12H2,1-6H3. The van der Waals surface area contributed by atoms with Gasteiger partial charge in [-0.1, -0.05) is 0 Å². The Bertz CT molecular complexity index is 347. The van der Waals surface area contributed by atoms with Crippen molar-refractivity contribution in [3.8, 4) is 5.88 Å². The molecule has 1 aromatic rings. The normalized spacial score (nSPS) is 12.2. The third kappa shape index (κ3) is 2.64. The van der Waals surface area contributed by atoms with Crippen LogP contribution in [0.5, 0.6) is 5.88 Å². The highest BCUT2D eigenvalue weighted by molar-refractivity contribution is 5.52. The molecule has 4 nitrogen and oxygen atoms in total. The maximum atomic E-state index is 5.94. The van der Waals surface area contributed by atoms with Gasteiger partial charge in [-0.2, -0.15) is 5.10 Å². The summed E-state index contributed by atoms with van der Waals surface area (Å²) in [5.41, 5.74) is 7.14. The van der Waals surface area contributed by atoms with Crippen LogP contribution in [0.25, 0.3) is 0 Å². The number of aromatic nitrogens is 2. The van der Waals surface area contributed by atoms with E-state index in [-0.39, 0.29) is 11.6 Å². The molecule has 2 N–H and O–H groups in total. The molecule has 15 heavy (non-hydrogen) atoms. The Morgan fingerprint density at radius 1 is 1.33 bits per heavy atom. The molecule has 0 saturated heterocycles. The van der Waals surface area contributed by atoms with Crippen molar-refractivity contribution < 1.29 is 4.74 Å². The van der Waals surface area contributed by atoms with Crippen molar-refractivity contribution in [1.82, 2.24) is 9.78 Å². The van der Waals surface area contributed by atoms with E-state index < -0.39 is 0 Å². The monoisotopic (exact) mass is 211 g/mol. The molecule has 86 valence electrons. The number of hydrogen-bond donors (Lipinski definition) is 1. The summed E-state index contributed by atoms with van der Waals surface area (Å²) >= 11 is 0. The van der Waals surface area contributed by atoms with Crippen LogP contribution in [-0.2, 0) is 0 Å². The molecule has 4 heteroatoms. The number of nitrogen functional groups attached to an aromatic ring is 1. The van der Waals surface area contributed by atoms with E-state index in [1.807, 2.05) is 32.4 Å². The maximum Gasteiger partial charge on any atom is 0.236 e. The summed E-state index contributed by atoms with van der Waals surface area (Å²) in [6, 6.07) is 0.248. The van der Waals surface area contributed by atoms with Crippen LogP contribution in [0.4, 0.5) is 5.69 Å². The quantitative estimate of drug-likeness (QED) is 0.817. The lowest BCUT2D eigenvalue weighted by Gasteiger charge is -2.23. The lowest BCUT2D eigenvalue weighted by molar-refractivity contribution is 0.114. The first-order chi connectivity index (χ1) is 6.72. The number of ether oxygens (including phenoxy) is 1. The molecule has 0 aromatic carbocycles. The number of aryl methyl sites for hydroxylation is 1. The van der Waals surface area contributed by atoms with Gasteiger partial charge in [0, 0.05) is 0 Å². The van der Waals surface area contributed by atoms with Gasteiger partial charge >= 0.3 is 0 Å². The molecule has 0 amide bonds. The summed E-state index contributed by atoms with van der Waals surface area (Å²) in [7, 11) is 0. The van der Waals surface area contributed by atoms with E-state index in [1.54, 1.807) is 0 Å².